The van der Waals surface area contributed by atoms with Crippen LogP contribution in [0.2, 0.25) is 0 Å². The van der Waals surface area contributed by atoms with E-state index in [1.807, 2.05) is 53.2 Å². The quantitative estimate of drug-likeness (QED) is 0.458. The molecule has 0 atom stereocenters. The molecule has 4 rings (SSSR count). The minimum atomic E-state index is -0.326. The highest BCUT2D eigenvalue weighted by atomic mass is 32.1. The number of thiophene rings is 1. The highest BCUT2D eigenvalue weighted by molar-refractivity contribution is 7.14. The largest absolute Gasteiger partial charge is 0.296 e. The molecule has 0 fully saturated rings. The topological polar surface area (TPSA) is 85.6 Å². The lowest BCUT2D eigenvalue weighted by molar-refractivity contribution is -0.111. The minimum Gasteiger partial charge on any atom is -0.296 e. The van der Waals surface area contributed by atoms with Crippen molar-refractivity contribution in [3.63, 3.8) is 0 Å². The molecule has 7 nitrogen and oxygen atoms in total. The number of hydrogen-bond donors (Lipinski definition) is 1. The van der Waals surface area contributed by atoms with Crippen LogP contribution in [0.15, 0.2) is 53.2 Å². The molecule has 0 aliphatic heterocycles. The molecule has 9 heteroatoms. The fourth-order valence-electron chi connectivity index (χ4n) is 2.62. The normalized spacial score (nSPS) is 11.8. The van der Waals surface area contributed by atoms with Crippen molar-refractivity contribution in [2.75, 3.05) is 5.32 Å². The van der Waals surface area contributed by atoms with Crippen molar-refractivity contribution in [2.45, 2.75) is 19.8 Å². The fraction of sp³-hybridized carbons (Fsp3) is 0.150. The predicted molar refractivity (Wildman–Crippen MR) is 117 cm³/mol. The van der Waals surface area contributed by atoms with Gasteiger partial charge in [-0.25, -0.2) is 4.98 Å². The van der Waals surface area contributed by atoms with Crippen molar-refractivity contribution in [1.29, 1.82) is 0 Å². The molecular formula is C20H18N6OS2. The molecule has 0 radical (unpaired) electrons. The second kappa shape index (κ2) is 8.46. The molecule has 1 aromatic carbocycles. The maximum Gasteiger partial charge on any atom is 0.276 e. The van der Waals surface area contributed by atoms with Crippen molar-refractivity contribution in [3.05, 3.63) is 63.8 Å². The van der Waals surface area contributed by atoms with E-state index in [0.29, 0.717) is 22.6 Å². The maximum atomic E-state index is 13.2. The van der Waals surface area contributed by atoms with Crippen molar-refractivity contribution in [2.24, 2.45) is 0 Å². The number of nitrogens with zero attached hydrogens (tertiary/aromatic N) is 5. The number of carbonyl (C=O) groups excluding carboxylic acids is 1. The Morgan fingerprint density at radius 3 is 2.66 bits per heavy atom. The number of anilines is 1. The molecule has 29 heavy (non-hydrogen) atoms. The summed E-state index contributed by atoms with van der Waals surface area (Å²) in [4.78, 5) is 18.6. The van der Waals surface area contributed by atoms with Crippen LogP contribution < -0.4 is 5.32 Å². The van der Waals surface area contributed by atoms with Crippen molar-refractivity contribution in [1.82, 2.24) is 25.2 Å². The fourth-order valence-corrected chi connectivity index (χ4v) is 4.14. The average Bonchev–Trinajstić information content (AvgIpc) is 3.48. The van der Waals surface area contributed by atoms with Gasteiger partial charge in [-0.1, -0.05) is 50.2 Å². The number of tetrazole rings is 1. The zero-order valence-corrected chi connectivity index (χ0v) is 17.4. The van der Waals surface area contributed by atoms with Crippen LogP contribution >= 0.6 is 22.7 Å². The smallest absolute Gasteiger partial charge is 0.276 e. The Hall–Kier alpha value is -3.17. The van der Waals surface area contributed by atoms with Gasteiger partial charge in [0.1, 0.15) is 5.70 Å². The summed E-state index contributed by atoms with van der Waals surface area (Å²) < 4.78 is 1.46. The van der Waals surface area contributed by atoms with E-state index in [-0.39, 0.29) is 5.91 Å². The van der Waals surface area contributed by atoms with Gasteiger partial charge in [0.15, 0.2) is 11.0 Å². The van der Waals surface area contributed by atoms with E-state index in [2.05, 4.69) is 39.7 Å². The number of carbonyl (C=O) groups is 1. The summed E-state index contributed by atoms with van der Waals surface area (Å²) >= 11 is 2.93. The first-order valence-electron chi connectivity index (χ1n) is 8.98. The van der Waals surface area contributed by atoms with Crippen LogP contribution in [0.5, 0.6) is 0 Å². The minimum absolute atomic E-state index is 0.294. The summed E-state index contributed by atoms with van der Waals surface area (Å²) in [5, 5.41) is 19.3. The standard InChI is InChI=1S/C20H18N6OS2/c1-13(2)16-12-29-20(21-16)22-19(27)17(11-15-9-6-10-28-15)26-18(23-24-25-26)14-7-4-3-5-8-14/h3-13H,1-2H3,(H,21,22,27)/b17-11-. The number of hydrogen-bond acceptors (Lipinski definition) is 7. The first-order chi connectivity index (χ1) is 14.1. The summed E-state index contributed by atoms with van der Waals surface area (Å²) in [5.41, 5.74) is 2.08. The Morgan fingerprint density at radius 2 is 1.97 bits per heavy atom. The molecule has 146 valence electrons. The number of benzene rings is 1. The van der Waals surface area contributed by atoms with E-state index in [4.69, 9.17) is 0 Å². The second-order valence-electron chi connectivity index (χ2n) is 6.51. The Kier molecular flexibility index (Phi) is 5.59. The number of aromatic nitrogens is 5. The summed E-state index contributed by atoms with van der Waals surface area (Å²) in [6.07, 6.45) is 1.78. The van der Waals surface area contributed by atoms with E-state index in [9.17, 15) is 4.79 Å². The van der Waals surface area contributed by atoms with Gasteiger partial charge in [-0.05, 0) is 33.9 Å². The first-order valence-corrected chi connectivity index (χ1v) is 10.7. The lowest BCUT2D eigenvalue weighted by atomic mass is 10.2. The summed E-state index contributed by atoms with van der Waals surface area (Å²) in [7, 11) is 0. The molecule has 0 spiro atoms. The molecule has 4 aromatic rings. The maximum absolute atomic E-state index is 13.2. The van der Waals surface area contributed by atoms with E-state index in [1.165, 1.54) is 27.4 Å². The first kappa shape index (κ1) is 19.2. The SMILES string of the molecule is CC(C)c1csc(NC(=O)/C(=C/c2cccs2)n2nnnc2-c2ccccc2)n1. The average molecular weight is 423 g/mol. The van der Waals surface area contributed by atoms with Gasteiger partial charge in [-0.3, -0.25) is 10.1 Å². The highest BCUT2D eigenvalue weighted by Gasteiger charge is 2.20. The van der Waals surface area contributed by atoms with Gasteiger partial charge in [0.2, 0.25) is 0 Å². The molecule has 0 bridgehead atoms. The van der Waals surface area contributed by atoms with Gasteiger partial charge in [-0.15, -0.1) is 27.8 Å². The monoisotopic (exact) mass is 422 g/mol. The van der Waals surface area contributed by atoms with Gasteiger partial charge in [0, 0.05) is 15.8 Å². The molecule has 1 N–H and O–H groups in total. The lowest BCUT2D eigenvalue weighted by Crippen LogP contribution is -2.19. The summed E-state index contributed by atoms with van der Waals surface area (Å²) in [6, 6.07) is 13.4. The van der Waals surface area contributed by atoms with Crippen LogP contribution in [-0.4, -0.2) is 31.1 Å². The van der Waals surface area contributed by atoms with Gasteiger partial charge in [0.25, 0.3) is 5.91 Å². The Balaban J connectivity index is 1.72. The summed E-state index contributed by atoms with van der Waals surface area (Å²) in [6.45, 7) is 4.13. The van der Waals surface area contributed by atoms with Crippen molar-refractivity contribution >= 4 is 45.5 Å². The zero-order chi connectivity index (χ0) is 20.2. The van der Waals surface area contributed by atoms with Gasteiger partial charge >= 0.3 is 0 Å². The number of nitrogens with one attached hydrogen (secondary N) is 1. The Morgan fingerprint density at radius 1 is 1.14 bits per heavy atom. The molecule has 3 heterocycles. The zero-order valence-electron chi connectivity index (χ0n) is 15.8. The molecule has 0 aliphatic rings. The molecule has 3 aromatic heterocycles. The van der Waals surface area contributed by atoms with Gasteiger partial charge in [-0.2, -0.15) is 4.68 Å². The Bertz CT molecular complexity index is 1130. The van der Waals surface area contributed by atoms with E-state index >= 15 is 0 Å². The van der Waals surface area contributed by atoms with Crippen LogP contribution in [0, 0.1) is 0 Å². The van der Waals surface area contributed by atoms with E-state index in [1.54, 1.807) is 6.08 Å². The molecule has 0 saturated heterocycles. The molecule has 1 amide bonds. The van der Waals surface area contributed by atoms with Crippen LogP contribution in [0.1, 0.15) is 30.3 Å². The molecule has 0 saturated carbocycles. The third-order valence-corrected chi connectivity index (χ3v) is 5.71. The third-order valence-electron chi connectivity index (χ3n) is 4.12. The van der Waals surface area contributed by atoms with E-state index < -0.39 is 0 Å². The second-order valence-corrected chi connectivity index (χ2v) is 8.35. The van der Waals surface area contributed by atoms with Crippen LogP contribution in [-0.2, 0) is 4.79 Å². The molecule has 0 unspecified atom stereocenters. The van der Waals surface area contributed by atoms with Gasteiger partial charge in [0.05, 0.1) is 5.69 Å². The highest BCUT2D eigenvalue weighted by Crippen LogP contribution is 2.25. The molecule has 0 aliphatic carbocycles. The third kappa shape index (κ3) is 4.30. The van der Waals surface area contributed by atoms with Gasteiger partial charge < -0.3 is 0 Å². The predicted octanol–water partition coefficient (Wildman–Crippen LogP) is 4.62. The molecular weight excluding hydrogens is 404 g/mol. The number of amides is 1. The number of rotatable bonds is 6. The lowest BCUT2D eigenvalue weighted by Gasteiger charge is -2.09. The van der Waals surface area contributed by atoms with Crippen LogP contribution in [0.4, 0.5) is 5.13 Å². The summed E-state index contributed by atoms with van der Waals surface area (Å²) in [5.74, 6) is 0.459. The number of thiazole rings is 1. The van der Waals surface area contributed by atoms with Crippen molar-refractivity contribution < 1.29 is 4.79 Å². The van der Waals surface area contributed by atoms with E-state index in [0.717, 1.165) is 16.1 Å². The van der Waals surface area contributed by atoms with Crippen LogP contribution in [0.3, 0.4) is 0 Å². The van der Waals surface area contributed by atoms with Crippen molar-refractivity contribution in [3.8, 4) is 11.4 Å². The van der Waals surface area contributed by atoms with Crippen LogP contribution in [0.25, 0.3) is 23.2 Å². The Labute approximate surface area is 175 Å².